The standard InChI is InChI=1S/C19H21NO4/c1-12(10-21)13(2)19(20-15-5-3-4-6-16(15)22)14-7-8-17-18(9-14)24-11-23-17/h3-9,13,19-22H,1,10-11H2,2H3/t13-,19+/m1/s1. The number of aliphatic hydroxyl groups excluding tert-OH is 1. The number of hydrogen-bond donors (Lipinski definition) is 3. The van der Waals surface area contributed by atoms with E-state index in [-0.39, 0.29) is 31.1 Å². The van der Waals surface area contributed by atoms with E-state index in [4.69, 9.17) is 9.47 Å². The van der Waals surface area contributed by atoms with Gasteiger partial charge in [0.05, 0.1) is 18.3 Å². The van der Waals surface area contributed by atoms with Gasteiger partial charge in [0, 0.05) is 5.92 Å². The number of aromatic hydroxyl groups is 1. The van der Waals surface area contributed by atoms with Crippen LogP contribution in [0.5, 0.6) is 17.2 Å². The summed E-state index contributed by atoms with van der Waals surface area (Å²) in [6.07, 6.45) is 0. The SMILES string of the molecule is C=C(CO)[C@@H](C)[C@H](Nc1ccccc1O)c1ccc2c(c1)OCO2. The highest BCUT2D eigenvalue weighted by Gasteiger charge is 2.24. The number of phenolic OH excluding ortho intramolecular Hbond substituents is 1. The Morgan fingerprint density at radius 3 is 2.71 bits per heavy atom. The number of hydrogen-bond acceptors (Lipinski definition) is 5. The van der Waals surface area contributed by atoms with E-state index >= 15 is 0 Å². The molecule has 3 N–H and O–H groups in total. The second kappa shape index (κ2) is 6.84. The number of anilines is 1. The van der Waals surface area contributed by atoms with Crippen molar-refractivity contribution in [3.8, 4) is 17.2 Å². The van der Waals surface area contributed by atoms with E-state index in [0.29, 0.717) is 22.8 Å². The Labute approximate surface area is 141 Å². The van der Waals surface area contributed by atoms with Crippen molar-refractivity contribution in [1.29, 1.82) is 0 Å². The quantitative estimate of drug-likeness (QED) is 0.560. The van der Waals surface area contributed by atoms with Crippen molar-refractivity contribution in [2.45, 2.75) is 13.0 Å². The van der Waals surface area contributed by atoms with Crippen LogP contribution in [0.15, 0.2) is 54.6 Å². The van der Waals surface area contributed by atoms with Gasteiger partial charge in [-0.1, -0.05) is 31.7 Å². The van der Waals surface area contributed by atoms with E-state index in [9.17, 15) is 10.2 Å². The summed E-state index contributed by atoms with van der Waals surface area (Å²) in [7, 11) is 0. The maximum Gasteiger partial charge on any atom is 0.231 e. The summed E-state index contributed by atoms with van der Waals surface area (Å²) in [5.41, 5.74) is 2.29. The smallest absolute Gasteiger partial charge is 0.231 e. The van der Waals surface area contributed by atoms with Gasteiger partial charge in [-0.3, -0.25) is 0 Å². The molecule has 5 heteroatoms. The molecule has 0 amide bonds. The Bertz CT molecular complexity index is 744. The Hall–Kier alpha value is -2.66. The van der Waals surface area contributed by atoms with Crippen LogP contribution in [0.1, 0.15) is 18.5 Å². The summed E-state index contributed by atoms with van der Waals surface area (Å²) in [6, 6.07) is 12.6. The number of phenols is 1. The van der Waals surface area contributed by atoms with Crippen molar-refractivity contribution in [3.05, 3.63) is 60.2 Å². The van der Waals surface area contributed by atoms with Crippen LogP contribution < -0.4 is 14.8 Å². The molecule has 0 saturated heterocycles. The summed E-state index contributed by atoms with van der Waals surface area (Å²) in [5, 5.41) is 22.9. The second-order valence-corrected chi connectivity index (χ2v) is 5.86. The van der Waals surface area contributed by atoms with Crippen molar-refractivity contribution in [2.24, 2.45) is 5.92 Å². The van der Waals surface area contributed by atoms with E-state index in [1.165, 1.54) is 0 Å². The molecule has 1 aliphatic heterocycles. The van der Waals surface area contributed by atoms with Gasteiger partial charge < -0.3 is 25.0 Å². The summed E-state index contributed by atoms with van der Waals surface area (Å²) >= 11 is 0. The van der Waals surface area contributed by atoms with Crippen LogP contribution in [0.3, 0.4) is 0 Å². The van der Waals surface area contributed by atoms with Crippen molar-refractivity contribution in [2.75, 3.05) is 18.7 Å². The first-order chi connectivity index (χ1) is 11.6. The fraction of sp³-hybridized carbons (Fsp3) is 0.263. The number of benzene rings is 2. The Morgan fingerprint density at radius 1 is 1.21 bits per heavy atom. The summed E-state index contributed by atoms with van der Waals surface area (Å²) in [4.78, 5) is 0. The molecule has 2 aromatic rings. The van der Waals surface area contributed by atoms with Crippen LogP contribution >= 0.6 is 0 Å². The zero-order valence-corrected chi connectivity index (χ0v) is 13.5. The minimum Gasteiger partial charge on any atom is -0.506 e. The first kappa shape index (κ1) is 16.2. The molecule has 1 aliphatic rings. The molecule has 5 nitrogen and oxygen atoms in total. The van der Waals surface area contributed by atoms with Crippen LogP contribution in [0.4, 0.5) is 5.69 Å². The third-order valence-corrected chi connectivity index (χ3v) is 4.32. The first-order valence-corrected chi connectivity index (χ1v) is 7.82. The minimum atomic E-state index is -0.188. The molecule has 0 aromatic heterocycles. The van der Waals surface area contributed by atoms with Crippen molar-refractivity contribution in [1.82, 2.24) is 0 Å². The Balaban J connectivity index is 1.95. The highest BCUT2D eigenvalue weighted by Crippen LogP contribution is 2.39. The van der Waals surface area contributed by atoms with Gasteiger partial charge in [-0.2, -0.15) is 0 Å². The topological polar surface area (TPSA) is 71.0 Å². The van der Waals surface area contributed by atoms with Crippen molar-refractivity contribution < 1.29 is 19.7 Å². The van der Waals surface area contributed by atoms with E-state index in [0.717, 1.165) is 5.56 Å². The van der Waals surface area contributed by atoms with Gasteiger partial charge in [-0.15, -0.1) is 0 Å². The van der Waals surface area contributed by atoms with Crippen LogP contribution in [0.25, 0.3) is 0 Å². The highest BCUT2D eigenvalue weighted by molar-refractivity contribution is 5.57. The second-order valence-electron chi connectivity index (χ2n) is 5.86. The summed E-state index contributed by atoms with van der Waals surface area (Å²) in [6.45, 7) is 6.06. The molecule has 126 valence electrons. The maximum atomic E-state index is 10.1. The molecule has 0 radical (unpaired) electrons. The van der Waals surface area contributed by atoms with E-state index in [2.05, 4.69) is 11.9 Å². The van der Waals surface area contributed by atoms with Gasteiger partial charge in [0.25, 0.3) is 0 Å². The van der Waals surface area contributed by atoms with Gasteiger partial charge in [0.2, 0.25) is 6.79 Å². The van der Waals surface area contributed by atoms with Crippen molar-refractivity contribution >= 4 is 5.69 Å². The highest BCUT2D eigenvalue weighted by atomic mass is 16.7. The average Bonchev–Trinajstić information content (AvgIpc) is 3.07. The molecule has 0 bridgehead atoms. The molecule has 2 atom stereocenters. The predicted octanol–water partition coefficient (Wildman–Crippen LogP) is 3.46. The zero-order chi connectivity index (χ0) is 17.1. The van der Waals surface area contributed by atoms with Gasteiger partial charge >= 0.3 is 0 Å². The molecule has 2 aromatic carbocycles. The normalized spacial score (nSPS) is 14.9. The van der Waals surface area contributed by atoms with Crippen LogP contribution in [-0.4, -0.2) is 23.6 Å². The predicted molar refractivity (Wildman–Crippen MR) is 92.4 cm³/mol. The van der Waals surface area contributed by atoms with Gasteiger partial charge in [-0.25, -0.2) is 0 Å². The lowest BCUT2D eigenvalue weighted by Crippen LogP contribution is -2.21. The number of nitrogens with one attached hydrogen (secondary N) is 1. The lowest BCUT2D eigenvalue weighted by Gasteiger charge is -2.28. The summed E-state index contributed by atoms with van der Waals surface area (Å²) in [5.74, 6) is 1.52. The molecular weight excluding hydrogens is 306 g/mol. The van der Waals surface area contributed by atoms with E-state index < -0.39 is 0 Å². The number of ether oxygens (including phenoxy) is 2. The van der Waals surface area contributed by atoms with E-state index in [1.54, 1.807) is 12.1 Å². The van der Waals surface area contributed by atoms with Crippen LogP contribution in [-0.2, 0) is 0 Å². The molecule has 0 fully saturated rings. The fourth-order valence-electron chi connectivity index (χ4n) is 2.75. The molecule has 0 aliphatic carbocycles. The van der Waals surface area contributed by atoms with E-state index in [1.807, 2.05) is 37.3 Å². The Kier molecular flexibility index (Phi) is 4.62. The monoisotopic (exact) mass is 327 g/mol. The molecular formula is C19H21NO4. The third-order valence-electron chi connectivity index (χ3n) is 4.32. The number of aliphatic hydroxyl groups is 1. The first-order valence-electron chi connectivity index (χ1n) is 7.82. The summed E-state index contributed by atoms with van der Waals surface area (Å²) < 4.78 is 10.8. The molecule has 0 spiro atoms. The van der Waals surface area contributed by atoms with Crippen LogP contribution in [0, 0.1) is 5.92 Å². The maximum absolute atomic E-state index is 10.1. The lowest BCUT2D eigenvalue weighted by atomic mass is 9.88. The number of rotatable bonds is 6. The largest absolute Gasteiger partial charge is 0.506 e. The third kappa shape index (κ3) is 3.16. The average molecular weight is 327 g/mol. The van der Waals surface area contributed by atoms with Gasteiger partial charge in [0.15, 0.2) is 11.5 Å². The molecule has 1 heterocycles. The van der Waals surface area contributed by atoms with Gasteiger partial charge in [-0.05, 0) is 35.4 Å². The number of fused-ring (bicyclic) bond motifs is 1. The fourth-order valence-corrected chi connectivity index (χ4v) is 2.75. The molecule has 3 rings (SSSR count). The van der Waals surface area contributed by atoms with Crippen LogP contribution in [0.2, 0.25) is 0 Å². The molecule has 0 saturated carbocycles. The zero-order valence-electron chi connectivity index (χ0n) is 13.5. The van der Waals surface area contributed by atoms with Gasteiger partial charge in [0.1, 0.15) is 5.75 Å². The Morgan fingerprint density at radius 2 is 1.96 bits per heavy atom. The minimum absolute atomic E-state index is 0.0602. The lowest BCUT2D eigenvalue weighted by molar-refractivity contribution is 0.174. The van der Waals surface area contributed by atoms with Crippen molar-refractivity contribution in [3.63, 3.8) is 0 Å². The molecule has 24 heavy (non-hydrogen) atoms. The molecule has 0 unspecified atom stereocenters. The number of para-hydroxylation sites is 2.